The Morgan fingerprint density at radius 2 is 2.23 bits per heavy atom. The number of aromatic nitrogens is 1. The molecule has 0 radical (unpaired) electrons. The smallest absolute Gasteiger partial charge is 0.175 e. The molecule has 2 aromatic rings. The first-order valence-electron chi connectivity index (χ1n) is 8.46. The molecule has 142 valence electrons. The first-order chi connectivity index (χ1) is 12.3. The largest absolute Gasteiger partial charge is 0.493 e. The van der Waals surface area contributed by atoms with E-state index in [1.165, 1.54) is 0 Å². The lowest BCUT2D eigenvalue weighted by molar-refractivity contribution is 0.110. The maximum Gasteiger partial charge on any atom is 0.175 e. The molecule has 1 aromatic carbocycles. The van der Waals surface area contributed by atoms with Crippen LogP contribution < -0.4 is 14.8 Å². The summed E-state index contributed by atoms with van der Waals surface area (Å²) in [5.74, 6) is 1.42. The first kappa shape index (κ1) is 21.0. The molecule has 0 amide bonds. The minimum atomic E-state index is 0. The molecule has 26 heavy (non-hydrogen) atoms. The molecule has 7 heteroatoms. The van der Waals surface area contributed by atoms with Crippen molar-refractivity contribution in [3.05, 3.63) is 52.3 Å². The fraction of sp³-hybridized carbons (Fsp3) is 0.421. The highest BCUT2D eigenvalue weighted by Crippen LogP contribution is 2.37. The van der Waals surface area contributed by atoms with E-state index in [9.17, 15) is 0 Å². The van der Waals surface area contributed by atoms with Gasteiger partial charge in [-0.3, -0.25) is 4.98 Å². The summed E-state index contributed by atoms with van der Waals surface area (Å²) < 4.78 is 18.0. The number of hydrogen-bond acceptors (Lipinski definition) is 5. The normalized spacial score (nSPS) is 16.2. The van der Waals surface area contributed by atoms with E-state index in [4.69, 9.17) is 14.2 Å². The van der Waals surface area contributed by atoms with Crippen molar-refractivity contribution in [2.24, 2.45) is 0 Å². The Bertz CT molecular complexity index is 682. The topological polar surface area (TPSA) is 52.6 Å². The molecular formula is C19H24BrClN2O3. The van der Waals surface area contributed by atoms with E-state index >= 15 is 0 Å². The minimum Gasteiger partial charge on any atom is -0.493 e. The molecule has 2 heterocycles. The van der Waals surface area contributed by atoms with Gasteiger partial charge in [-0.2, -0.15) is 0 Å². The van der Waals surface area contributed by atoms with Gasteiger partial charge in [0.05, 0.1) is 17.7 Å². The number of rotatable bonds is 8. The zero-order chi connectivity index (χ0) is 17.5. The van der Waals surface area contributed by atoms with Crippen LogP contribution in [0.3, 0.4) is 0 Å². The van der Waals surface area contributed by atoms with Gasteiger partial charge < -0.3 is 19.5 Å². The summed E-state index contributed by atoms with van der Waals surface area (Å²) in [4.78, 5) is 4.10. The SMILES string of the molecule is COc1cc(CNCC2CCCO2)cc(Br)c1OCc1cccnc1.Cl. The van der Waals surface area contributed by atoms with Crippen LogP contribution in [0.1, 0.15) is 24.0 Å². The number of ether oxygens (including phenoxy) is 3. The first-order valence-corrected chi connectivity index (χ1v) is 9.26. The van der Waals surface area contributed by atoms with Gasteiger partial charge >= 0.3 is 0 Å². The van der Waals surface area contributed by atoms with Crippen LogP contribution in [0.15, 0.2) is 41.1 Å². The van der Waals surface area contributed by atoms with Gasteiger partial charge in [0.15, 0.2) is 11.5 Å². The highest BCUT2D eigenvalue weighted by atomic mass is 79.9. The zero-order valence-electron chi connectivity index (χ0n) is 14.7. The quantitative estimate of drug-likeness (QED) is 0.665. The highest BCUT2D eigenvalue weighted by Gasteiger charge is 2.15. The monoisotopic (exact) mass is 442 g/mol. The number of benzene rings is 1. The molecule has 0 aliphatic carbocycles. The van der Waals surface area contributed by atoms with Crippen LogP contribution in [-0.4, -0.2) is 31.3 Å². The average molecular weight is 444 g/mol. The summed E-state index contributed by atoms with van der Waals surface area (Å²) in [5.41, 5.74) is 2.15. The maximum absolute atomic E-state index is 5.93. The van der Waals surface area contributed by atoms with Crippen LogP contribution in [0.25, 0.3) is 0 Å². The van der Waals surface area contributed by atoms with E-state index in [-0.39, 0.29) is 12.4 Å². The van der Waals surface area contributed by atoms with E-state index in [1.807, 2.05) is 18.2 Å². The second-order valence-electron chi connectivity index (χ2n) is 6.02. The maximum atomic E-state index is 5.93. The van der Waals surface area contributed by atoms with Gasteiger partial charge in [-0.15, -0.1) is 12.4 Å². The van der Waals surface area contributed by atoms with Crippen molar-refractivity contribution in [2.75, 3.05) is 20.3 Å². The van der Waals surface area contributed by atoms with E-state index < -0.39 is 0 Å². The molecule has 1 N–H and O–H groups in total. The van der Waals surface area contributed by atoms with Crippen molar-refractivity contribution in [2.45, 2.75) is 32.1 Å². The van der Waals surface area contributed by atoms with Crippen LogP contribution in [0.2, 0.25) is 0 Å². The Morgan fingerprint density at radius 1 is 1.35 bits per heavy atom. The Kier molecular flexibility index (Phi) is 8.65. The van der Waals surface area contributed by atoms with Gasteiger partial charge in [0.1, 0.15) is 6.61 Å². The number of methoxy groups -OCH3 is 1. The third-order valence-electron chi connectivity index (χ3n) is 4.12. The fourth-order valence-electron chi connectivity index (χ4n) is 2.84. The summed E-state index contributed by atoms with van der Waals surface area (Å²) in [5, 5.41) is 3.45. The summed E-state index contributed by atoms with van der Waals surface area (Å²) in [6, 6.07) is 7.94. The molecule has 5 nitrogen and oxygen atoms in total. The summed E-state index contributed by atoms with van der Waals surface area (Å²) in [6.07, 6.45) is 6.19. The van der Waals surface area contributed by atoms with E-state index in [0.717, 1.165) is 48.1 Å². The number of nitrogens with zero attached hydrogens (tertiary/aromatic N) is 1. The minimum absolute atomic E-state index is 0. The molecule has 1 atom stereocenters. The van der Waals surface area contributed by atoms with Crippen LogP contribution in [0.4, 0.5) is 0 Å². The van der Waals surface area contributed by atoms with E-state index in [1.54, 1.807) is 19.5 Å². The third-order valence-corrected chi connectivity index (χ3v) is 4.71. The van der Waals surface area contributed by atoms with Gasteiger partial charge in [-0.05, 0) is 52.5 Å². The van der Waals surface area contributed by atoms with Crippen molar-refractivity contribution in [3.8, 4) is 11.5 Å². The predicted molar refractivity (Wildman–Crippen MR) is 107 cm³/mol. The standard InChI is InChI=1S/C19H23BrN2O3.ClH/c1-23-18-9-15(11-22-12-16-5-3-7-24-16)8-17(20)19(18)25-13-14-4-2-6-21-10-14;/h2,4,6,8-10,16,22H,3,5,7,11-13H2,1H3;1H. The Morgan fingerprint density at radius 3 is 2.92 bits per heavy atom. The van der Waals surface area contributed by atoms with Crippen molar-refractivity contribution in [1.29, 1.82) is 0 Å². The highest BCUT2D eigenvalue weighted by molar-refractivity contribution is 9.10. The second-order valence-corrected chi connectivity index (χ2v) is 6.88. The van der Waals surface area contributed by atoms with E-state index in [0.29, 0.717) is 24.2 Å². The predicted octanol–water partition coefficient (Wildman–Crippen LogP) is 4.12. The molecule has 1 aliphatic rings. The lowest BCUT2D eigenvalue weighted by Crippen LogP contribution is -2.25. The second kappa shape index (κ2) is 10.7. The van der Waals surface area contributed by atoms with Crippen LogP contribution in [-0.2, 0) is 17.9 Å². The molecule has 3 rings (SSSR count). The third kappa shape index (κ3) is 5.84. The van der Waals surface area contributed by atoms with Crippen molar-refractivity contribution >= 4 is 28.3 Å². The molecule has 1 saturated heterocycles. The van der Waals surface area contributed by atoms with Crippen molar-refractivity contribution in [3.63, 3.8) is 0 Å². The van der Waals surface area contributed by atoms with Crippen LogP contribution >= 0.6 is 28.3 Å². The number of halogens is 2. The van der Waals surface area contributed by atoms with Gasteiger partial charge in [0.25, 0.3) is 0 Å². The molecule has 0 saturated carbocycles. The average Bonchev–Trinajstić information content (AvgIpc) is 3.15. The Labute approximate surface area is 169 Å². The van der Waals surface area contributed by atoms with Gasteiger partial charge in [0.2, 0.25) is 0 Å². The molecule has 1 aliphatic heterocycles. The van der Waals surface area contributed by atoms with E-state index in [2.05, 4.69) is 32.3 Å². The number of nitrogens with one attached hydrogen (secondary N) is 1. The van der Waals surface area contributed by atoms with Gasteiger partial charge in [0, 0.05) is 37.7 Å². The zero-order valence-corrected chi connectivity index (χ0v) is 17.1. The summed E-state index contributed by atoms with van der Waals surface area (Å²) in [6.45, 7) is 2.96. The Hall–Kier alpha value is -1.34. The molecular weight excluding hydrogens is 420 g/mol. The van der Waals surface area contributed by atoms with Gasteiger partial charge in [-0.25, -0.2) is 0 Å². The molecule has 1 aromatic heterocycles. The van der Waals surface area contributed by atoms with Crippen LogP contribution in [0.5, 0.6) is 11.5 Å². The lowest BCUT2D eigenvalue weighted by Gasteiger charge is -2.15. The van der Waals surface area contributed by atoms with Gasteiger partial charge in [-0.1, -0.05) is 6.07 Å². The fourth-order valence-corrected chi connectivity index (χ4v) is 3.44. The molecule has 1 unspecified atom stereocenters. The molecule has 0 bridgehead atoms. The van der Waals surface area contributed by atoms with Crippen molar-refractivity contribution < 1.29 is 14.2 Å². The lowest BCUT2D eigenvalue weighted by atomic mass is 10.2. The summed E-state index contributed by atoms with van der Waals surface area (Å²) in [7, 11) is 1.66. The Balaban J connectivity index is 0.00000243. The molecule has 0 spiro atoms. The summed E-state index contributed by atoms with van der Waals surface area (Å²) >= 11 is 3.60. The number of hydrogen-bond donors (Lipinski definition) is 1. The number of pyridine rings is 1. The van der Waals surface area contributed by atoms with Crippen LogP contribution in [0, 0.1) is 0 Å². The van der Waals surface area contributed by atoms with Crippen molar-refractivity contribution in [1.82, 2.24) is 10.3 Å². The molecule has 1 fully saturated rings.